The summed E-state index contributed by atoms with van der Waals surface area (Å²) < 4.78 is 8.28. The second kappa shape index (κ2) is 8.71. The van der Waals surface area contributed by atoms with E-state index in [2.05, 4.69) is 15.4 Å². The smallest absolute Gasteiger partial charge is 0.267 e. The van der Waals surface area contributed by atoms with Crippen molar-refractivity contribution in [2.24, 2.45) is 0 Å². The number of carbonyl (C=O) groups excluding carboxylic acids is 1. The molecule has 8 nitrogen and oxygen atoms in total. The highest BCUT2D eigenvalue weighted by Gasteiger charge is 2.11. The van der Waals surface area contributed by atoms with Crippen molar-refractivity contribution in [2.75, 3.05) is 12.4 Å². The number of nitrogens with one attached hydrogen (secondary N) is 1. The number of carbonyl (C=O) groups is 1. The standard InChI is InChI=1S/C24H19N5O3S/c1-32-19-7-5-16(6-8-19)20-9-10-23(31)29(27-20)15-22(30)25-18-4-2-3-17(13-18)21-14-28-11-12-33-24(28)26-21/h2-14H,15H2,1H3,(H,25,30). The first-order chi connectivity index (χ1) is 16.1. The van der Waals surface area contributed by atoms with Crippen LogP contribution in [0.15, 0.2) is 83.2 Å². The molecule has 1 N–H and O–H groups in total. The van der Waals surface area contributed by atoms with Crippen LogP contribution < -0.4 is 15.6 Å². The lowest BCUT2D eigenvalue weighted by molar-refractivity contribution is -0.117. The molecule has 3 heterocycles. The van der Waals surface area contributed by atoms with Crippen LogP contribution in [0.5, 0.6) is 5.75 Å². The van der Waals surface area contributed by atoms with Crippen LogP contribution in [0, 0.1) is 0 Å². The molecule has 0 radical (unpaired) electrons. The summed E-state index contributed by atoms with van der Waals surface area (Å²) in [5.74, 6) is 0.378. The van der Waals surface area contributed by atoms with Gasteiger partial charge in [0.25, 0.3) is 5.56 Å². The predicted octanol–water partition coefficient (Wildman–Crippen LogP) is 3.93. The first kappa shape index (κ1) is 20.7. The number of amides is 1. The molecule has 0 atom stereocenters. The van der Waals surface area contributed by atoms with E-state index >= 15 is 0 Å². The van der Waals surface area contributed by atoms with Gasteiger partial charge >= 0.3 is 0 Å². The van der Waals surface area contributed by atoms with E-state index in [1.165, 1.54) is 6.07 Å². The van der Waals surface area contributed by atoms with Crippen molar-refractivity contribution in [1.29, 1.82) is 0 Å². The van der Waals surface area contributed by atoms with E-state index in [4.69, 9.17) is 4.74 Å². The molecule has 0 saturated heterocycles. The molecule has 3 aromatic heterocycles. The zero-order chi connectivity index (χ0) is 22.8. The third kappa shape index (κ3) is 4.39. The van der Waals surface area contributed by atoms with Crippen LogP contribution in [0.25, 0.3) is 27.5 Å². The van der Waals surface area contributed by atoms with Gasteiger partial charge in [0.2, 0.25) is 5.91 Å². The molecule has 0 bridgehead atoms. The maximum Gasteiger partial charge on any atom is 0.267 e. The minimum absolute atomic E-state index is 0.201. The first-order valence-electron chi connectivity index (χ1n) is 10.1. The van der Waals surface area contributed by atoms with E-state index in [1.807, 2.05) is 64.6 Å². The van der Waals surface area contributed by atoms with Gasteiger partial charge in [0.05, 0.1) is 18.5 Å². The Morgan fingerprint density at radius 1 is 1.06 bits per heavy atom. The molecule has 5 aromatic rings. The number of hydrogen-bond acceptors (Lipinski definition) is 6. The number of rotatable bonds is 6. The van der Waals surface area contributed by atoms with Crippen LogP contribution in [0.4, 0.5) is 5.69 Å². The lowest BCUT2D eigenvalue weighted by Gasteiger charge is -2.09. The Labute approximate surface area is 192 Å². The van der Waals surface area contributed by atoms with Gasteiger partial charge in [-0.15, -0.1) is 11.3 Å². The predicted molar refractivity (Wildman–Crippen MR) is 128 cm³/mol. The van der Waals surface area contributed by atoms with Crippen LogP contribution in [0.3, 0.4) is 0 Å². The highest BCUT2D eigenvalue weighted by molar-refractivity contribution is 7.15. The molecule has 9 heteroatoms. The molecule has 5 rings (SSSR count). The van der Waals surface area contributed by atoms with Crippen LogP contribution in [-0.4, -0.2) is 32.2 Å². The first-order valence-corrected chi connectivity index (χ1v) is 11.0. The average Bonchev–Trinajstić information content (AvgIpc) is 3.43. The van der Waals surface area contributed by atoms with Gasteiger partial charge in [-0.05, 0) is 42.5 Å². The average molecular weight is 458 g/mol. The number of hydrogen-bond donors (Lipinski definition) is 1. The molecule has 33 heavy (non-hydrogen) atoms. The minimum atomic E-state index is -0.353. The number of methoxy groups -OCH3 is 1. The van der Waals surface area contributed by atoms with Crippen LogP contribution in [0.2, 0.25) is 0 Å². The Morgan fingerprint density at radius 2 is 1.91 bits per heavy atom. The zero-order valence-electron chi connectivity index (χ0n) is 17.6. The molecule has 0 aliphatic rings. The van der Waals surface area contributed by atoms with Gasteiger partial charge in [-0.2, -0.15) is 5.10 Å². The van der Waals surface area contributed by atoms with Gasteiger partial charge in [-0.3, -0.25) is 14.0 Å². The van der Waals surface area contributed by atoms with Gasteiger partial charge in [0.15, 0.2) is 4.96 Å². The second-order valence-corrected chi connectivity index (χ2v) is 8.16. The van der Waals surface area contributed by atoms with Crippen molar-refractivity contribution in [3.8, 4) is 28.3 Å². The fraction of sp³-hybridized carbons (Fsp3) is 0.0833. The van der Waals surface area contributed by atoms with Crippen molar-refractivity contribution >= 4 is 27.9 Å². The Balaban J connectivity index is 1.33. The number of aromatic nitrogens is 4. The highest BCUT2D eigenvalue weighted by Crippen LogP contribution is 2.24. The molecule has 0 saturated carbocycles. The monoisotopic (exact) mass is 457 g/mol. The Kier molecular flexibility index (Phi) is 5.45. The summed E-state index contributed by atoms with van der Waals surface area (Å²) in [6, 6.07) is 17.8. The Bertz CT molecular complexity index is 1470. The number of benzene rings is 2. The number of thiazole rings is 1. The molecule has 2 aromatic carbocycles. The fourth-order valence-electron chi connectivity index (χ4n) is 3.44. The third-order valence-electron chi connectivity index (χ3n) is 5.08. The van der Waals surface area contributed by atoms with Crippen molar-refractivity contribution in [1.82, 2.24) is 19.2 Å². The number of imidazole rings is 1. The van der Waals surface area contributed by atoms with Crippen molar-refractivity contribution in [3.63, 3.8) is 0 Å². The highest BCUT2D eigenvalue weighted by atomic mass is 32.1. The van der Waals surface area contributed by atoms with E-state index in [0.29, 0.717) is 11.4 Å². The van der Waals surface area contributed by atoms with Crippen LogP contribution in [-0.2, 0) is 11.3 Å². The van der Waals surface area contributed by atoms with Gasteiger partial charge in [0.1, 0.15) is 12.3 Å². The summed E-state index contributed by atoms with van der Waals surface area (Å²) in [6.45, 7) is -0.201. The number of nitrogens with zero attached hydrogens (tertiary/aromatic N) is 4. The summed E-state index contributed by atoms with van der Waals surface area (Å²) in [5, 5.41) is 9.17. The van der Waals surface area contributed by atoms with E-state index in [-0.39, 0.29) is 18.0 Å². The molecular weight excluding hydrogens is 438 g/mol. The lowest BCUT2D eigenvalue weighted by atomic mass is 10.1. The minimum Gasteiger partial charge on any atom is -0.497 e. The van der Waals surface area contributed by atoms with Gasteiger partial charge in [-0.25, -0.2) is 9.67 Å². The SMILES string of the molecule is COc1ccc(-c2ccc(=O)n(CC(=O)Nc3cccc(-c4cn5ccsc5n4)c3)n2)cc1. The Hall–Kier alpha value is -4.24. The normalized spacial score (nSPS) is 10.9. The molecule has 164 valence electrons. The van der Waals surface area contributed by atoms with Crippen LogP contribution in [0.1, 0.15) is 0 Å². The summed E-state index contributed by atoms with van der Waals surface area (Å²) in [7, 11) is 1.60. The molecule has 0 unspecified atom stereocenters. The number of fused-ring (bicyclic) bond motifs is 1. The van der Waals surface area contributed by atoms with E-state index in [9.17, 15) is 9.59 Å². The van der Waals surface area contributed by atoms with Crippen LogP contribution >= 0.6 is 11.3 Å². The third-order valence-corrected chi connectivity index (χ3v) is 5.85. The second-order valence-electron chi connectivity index (χ2n) is 7.29. The zero-order valence-corrected chi connectivity index (χ0v) is 18.5. The number of anilines is 1. The molecule has 0 fully saturated rings. The van der Waals surface area contributed by atoms with E-state index in [0.717, 1.165) is 32.2 Å². The van der Waals surface area contributed by atoms with Gasteiger partial charge < -0.3 is 10.1 Å². The fourth-order valence-corrected chi connectivity index (χ4v) is 4.14. The number of ether oxygens (including phenoxy) is 1. The van der Waals surface area contributed by atoms with Crippen molar-refractivity contribution < 1.29 is 9.53 Å². The molecule has 0 aliphatic heterocycles. The van der Waals surface area contributed by atoms with Crippen molar-refractivity contribution in [2.45, 2.75) is 6.54 Å². The molecule has 1 amide bonds. The maximum atomic E-state index is 12.7. The van der Waals surface area contributed by atoms with Crippen molar-refractivity contribution in [3.05, 3.63) is 88.8 Å². The van der Waals surface area contributed by atoms with E-state index < -0.39 is 0 Å². The quantitative estimate of drug-likeness (QED) is 0.417. The molecule has 0 spiro atoms. The summed E-state index contributed by atoms with van der Waals surface area (Å²) in [5.41, 5.74) is 3.38. The summed E-state index contributed by atoms with van der Waals surface area (Å²) in [4.78, 5) is 30.4. The maximum absolute atomic E-state index is 12.7. The van der Waals surface area contributed by atoms with E-state index in [1.54, 1.807) is 30.6 Å². The summed E-state index contributed by atoms with van der Waals surface area (Å²) >= 11 is 1.56. The van der Waals surface area contributed by atoms with Gasteiger partial charge in [0, 0.05) is 40.7 Å². The van der Waals surface area contributed by atoms with Gasteiger partial charge in [-0.1, -0.05) is 12.1 Å². The largest absolute Gasteiger partial charge is 0.497 e. The lowest BCUT2D eigenvalue weighted by Crippen LogP contribution is -2.29. The topological polar surface area (TPSA) is 90.5 Å². The molecule has 0 aliphatic carbocycles. The Morgan fingerprint density at radius 3 is 2.70 bits per heavy atom. The molecular formula is C24H19N5O3S. The summed E-state index contributed by atoms with van der Waals surface area (Å²) in [6.07, 6.45) is 3.90.